The predicted molar refractivity (Wildman–Crippen MR) is 114 cm³/mol. The number of carboxylic acid groups (broad SMARTS) is 2. The van der Waals surface area contributed by atoms with E-state index in [1.165, 1.54) is 22.1 Å². The number of fused-ring (bicyclic) bond motifs is 1. The van der Waals surface area contributed by atoms with Gasteiger partial charge in [0.25, 0.3) is 5.56 Å². The number of benzene rings is 2. The molecule has 0 spiro atoms. The van der Waals surface area contributed by atoms with Gasteiger partial charge in [-0.15, -0.1) is 11.3 Å². The molecule has 2 heterocycles. The Morgan fingerprint density at radius 1 is 1.00 bits per heavy atom. The molecule has 0 aliphatic carbocycles. The Bertz CT molecular complexity index is 1340. The topological polar surface area (TPSA) is 109 Å². The van der Waals surface area contributed by atoms with Crippen LogP contribution < -0.4 is 5.56 Å². The largest absolute Gasteiger partial charge is 0.478 e. The molecule has 0 saturated heterocycles. The maximum atomic E-state index is 13.3. The number of aromatic nitrogens is 2. The molecular formula is C22H16N2O5S. The second-order valence-corrected chi connectivity index (χ2v) is 7.69. The van der Waals surface area contributed by atoms with Gasteiger partial charge in [0.15, 0.2) is 0 Å². The van der Waals surface area contributed by atoms with Crippen LogP contribution in [0.3, 0.4) is 0 Å². The molecule has 0 aliphatic heterocycles. The SMILES string of the molecule is Cc1ccc(-c2nc3scc(C(=O)O)c3c(=O)n2Cc2ccc(C(=O)O)cc2)cc1. The van der Waals surface area contributed by atoms with Crippen molar-refractivity contribution >= 4 is 33.5 Å². The van der Waals surface area contributed by atoms with E-state index in [-0.39, 0.29) is 23.1 Å². The third-order valence-electron chi connectivity index (χ3n) is 4.78. The molecule has 0 unspecified atom stereocenters. The molecule has 0 amide bonds. The Labute approximate surface area is 174 Å². The molecule has 0 bridgehead atoms. The van der Waals surface area contributed by atoms with Crippen LogP contribution in [0.15, 0.2) is 58.7 Å². The first-order chi connectivity index (χ1) is 14.3. The summed E-state index contributed by atoms with van der Waals surface area (Å²) in [5.41, 5.74) is 2.11. The first-order valence-electron chi connectivity index (χ1n) is 9.00. The second-order valence-electron chi connectivity index (χ2n) is 6.83. The van der Waals surface area contributed by atoms with Gasteiger partial charge in [-0.2, -0.15) is 0 Å². The first kappa shape index (κ1) is 19.5. The van der Waals surface area contributed by atoms with Gasteiger partial charge in [0.2, 0.25) is 0 Å². The number of carboxylic acids is 2. The summed E-state index contributed by atoms with van der Waals surface area (Å²) in [5, 5.41) is 20.0. The van der Waals surface area contributed by atoms with Gasteiger partial charge >= 0.3 is 11.9 Å². The molecule has 0 atom stereocenters. The van der Waals surface area contributed by atoms with Crippen LogP contribution in [-0.4, -0.2) is 31.7 Å². The number of carbonyl (C=O) groups is 2. The third-order valence-corrected chi connectivity index (χ3v) is 5.65. The molecule has 0 saturated carbocycles. The lowest BCUT2D eigenvalue weighted by molar-refractivity contribution is 0.0687. The van der Waals surface area contributed by atoms with E-state index >= 15 is 0 Å². The molecule has 30 heavy (non-hydrogen) atoms. The summed E-state index contributed by atoms with van der Waals surface area (Å²) in [7, 11) is 0. The summed E-state index contributed by atoms with van der Waals surface area (Å²) >= 11 is 1.12. The number of thiophene rings is 1. The maximum Gasteiger partial charge on any atom is 0.337 e. The number of hydrogen-bond donors (Lipinski definition) is 2. The van der Waals surface area contributed by atoms with Crippen molar-refractivity contribution in [3.63, 3.8) is 0 Å². The van der Waals surface area contributed by atoms with Crippen molar-refractivity contribution in [2.75, 3.05) is 0 Å². The van der Waals surface area contributed by atoms with E-state index in [0.29, 0.717) is 16.2 Å². The smallest absolute Gasteiger partial charge is 0.337 e. The van der Waals surface area contributed by atoms with Crippen LogP contribution in [0, 0.1) is 6.92 Å². The minimum atomic E-state index is -1.18. The fourth-order valence-electron chi connectivity index (χ4n) is 3.19. The van der Waals surface area contributed by atoms with Gasteiger partial charge in [0, 0.05) is 10.9 Å². The molecular weight excluding hydrogens is 404 g/mol. The lowest BCUT2D eigenvalue weighted by Crippen LogP contribution is -2.24. The summed E-state index contributed by atoms with van der Waals surface area (Å²) < 4.78 is 1.43. The van der Waals surface area contributed by atoms with Crippen molar-refractivity contribution < 1.29 is 19.8 Å². The number of aryl methyl sites for hydroxylation is 1. The summed E-state index contributed by atoms with van der Waals surface area (Å²) in [6.45, 7) is 2.08. The van der Waals surface area contributed by atoms with Gasteiger partial charge in [-0.05, 0) is 24.6 Å². The van der Waals surface area contributed by atoms with Crippen molar-refractivity contribution in [2.24, 2.45) is 0 Å². The number of rotatable bonds is 5. The van der Waals surface area contributed by atoms with E-state index < -0.39 is 17.5 Å². The molecule has 7 nitrogen and oxygen atoms in total. The van der Waals surface area contributed by atoms with Crippen LogP contribution in [0.2, 0.25) is 0 Å². The highest BCUT2D eigenvalue weighted by molar-refractivity contribution is 7.17. The zero-order valence-corrected chi connectivity index (χ0v) is 16.6. The standard InChI is InChI=1S/C22H16N2O5S/c1-12-2-6-14(7-3-12)18-23-19-17(16(11-30-19)22(28)29)20(25)24(18)10-13-4-8-15(9-5-13)21(26)27/h2-9,11H,10H2,1H3,(H,26,27)(H,28,29). The van der Waals surface area contributed by atoms with Crippen LogP contribution in [-0.2, 0) is 6.54 Å². The van der Waals surface area contributed by atoms with Gasteiger partial charge < -0.3 is 10.2 Å². The van der Waals surface area contributed by atoms with Crippen LogP contribution >= 0.6 is 11.3 Å². The minimum absolute atomic E-state index is 0.0714. The quantitative estimate of drug-likeness (QED) is 0.507. The number of nitrogens with zero attached hydrogens (tertiary/aromatic N) is 2. The molecule has 150 valence electrons. The molecule has 2 N–H and O–H groups in total. The second kappa shape index (κ2) is 7.57. The average molecular weight is 420 g/mol. The van der Waals surface area contributed by atoms with Gasteiger partial charge in [0.05, 0.1) is 23.1 Å². The van der Waals surface area contributed by atoms with Gasteiger partial charge in [-0.3, -0.25) is 9.36 Å². The summed E-state index contributed by atoms with van der Waals surface area (Å²) in [6.07, 6.45) is 0. The fraction of sp³-hybridized carbons (Fsp3) is 0.0909. The van der Waals surface area contributed by atoms with Gasteiger partial charge in [0.1, 0.15) is 10.7 Å². The minimum Gasteiger partial charge on any atom is -0.478 e. The Hall–Kier alpha value is -3.78. The summed E-state index contributed by atoms with van der Waals surface area (Å²) in [6, 6.07) is 13.7. The Morgan fingerprint density at radius 3 is 2.27 bits per heavy atom. The molecule has 0 radical (unpaired) electrons. The lowest BCUT2D eigenvalue weighted by Gasteiger charge is -2.13. The van der Waals surface area contributed by atoms with Gasteiger partial charge in [-0.25, -0.2) is 14.6 Å². The normalized spacial score (nSPS) is 11.0. The van der Waals surface area contributed by atoms with Crippen LogP contribution in [0.5, 0.6) is 0 Å². The van der Waals surface area contributed by atoms with E-state index in [0.717, 1.165) is 22.5 Å². The van der Waals surface area contributed by atoms with Crippen molar-refractivity contribution in [3.8, 4) is 11.4 Å². The number of aromatic carboxylic acids is 2. The predicted octanol–water partition coefficient (Wildman–Crippen LogP) is 3.88. The highest BCUT2D eigenvalue weighted by atomic mass is 32.1. The first-order valence-corrected chi connectivity index (χ1v) is 9.87. The Kier molecular flexibility index (Phi) is 4.93. The molecule has 0 fully saturated rings. The Morgan fingerprint density at radius 2 is 1.67 bits per heavy atom. The molecule has 2 aromatic carbocycles. The summed E-state index contributed by atoms with van der Waals surface area (Å²) in [5.74, 6) is -1.79. The monoisotopic (exact) mass is 420 g/mol. The highest BCUT2D eigenvalue weighted by Gasteiger charge is 2.20. The highest BCUT2D eigenvalue weighted by Crippen LogP contribution is 2.26. The number of hydrogen-bond acceptors (Lipinski definition) is 5. The molecule has 4 rings (SSSR count). The molecule has 0 aliphatic rings. The van der Waals surface area contributed by atoms with Crippen LogP contribution in [0.1, 0.15) is 31.8 Å². The van der Waals surface area contributed by atoms with Crippen molar-refractivity contribution in [1.82, 2.24) is 9.55 Å². The maximum absolute atomic E-state index is 13.3. The Balaban J connectivity index is 1.93. The zero-order valence-electron chi connectivity index (χ0n) is 15.8. The molecule has 2 aromatic heterocycles. The van der Waals surface area contributed by atoms with E-state index in [2.05, 4.69) is 4.98 Å². The molecule has 4 aromatic rings. The summed E-state index contributed by atoms with van der Waals surface area (Å²) in [4.78, 5) is 41.0. The van der Waals surface area contributed by atoms with Crippen LogP contribution in [0.4, 0.5) is 0 Å². The lowest BCUT2D eigenvalue weighted by atomic mass is 10.1. The molecule has 8 heteroatoms. The van der Waals surface area contributed by atoms with Crippen molar-refractivity contribution in [1.29, 1.82) is 0 Å². The van der Waals surface area contributed by atoms with E-state index in [9.17, 15) is 19.5 Å². The van der Waals surface area contributed by atoms with Crippen molar-refractivity contribution in [3.05, 3.63) is 86.5 Å². The van der Waals surface area contributed by atoms with Gasteiger partial charge in [-0.1, -0.05) is 42.0 Å². The van der Waals surface area contributed by atoms with E-state index in [1.807, 2.05) is 31.2 Å². The average Bonchev–Trinajstić information content (AvgIpc) is 3.16. The zero-order chi connectivity index (χ0) is 21.4. The van der Waals surface area contributed by atoms with Crippen LogP contribution in [0.25, 0.3) is 21.6 Å². The van der Waals surface area contributed by atoms with Crippen molar-refractivity contribution in [2.45, 2.75) is 13.5 Å². The van der Waals surface area contributed by atoms with E-state index in [4.69, 9.17) is 5.11 Å². The third kappa shape index (κ3) is 3.48. The van der Waals surface area contributed by atoms with E-state index in [1.54, 1.807) is 12.1 Å². The fourth-order valence-corrected chi connectivity index (χ4v) is 4.09.